The molecule has 86 valence electrons. The summed E-state index contributed by atoms with van der Waals surface area (Å²) < 4.78 is 3.78. The van der Waals surface area contributed by atoms with Gasteiger partial charge in [-0.25, -0.2) is 0 Å². The van der Waals surface area contributed by atoms with Crippen molar-refractivity contribution in [1.82, 2.24) is 9.59 Å². The molecule has 0 unspecified atom stereocenters. The highest BCUT2D eigenvalue weighted by Gasteiger charge is 2.00. The normalized spacial score (nSPS) is 9.00. The number of benzene rings is 1. The van der Waals surface area contributed by atoms with Gasteiger partial charge < -0.3 is 0 Å². The van der Waals surface area contributed by atoms with Gasteiger partial charge in [-0.2, -0.15) is 15.6 Å². The fraction of sp³-hybridized carbons (Fsp3) is 0. The first kappa shape index (κ1) is 11.7. The monoisotopic (exact) mass is 254 g/mol. The van der Waals surface area contributed by atoms with Crippen LogP contribution >= 0.6 is 11.5 Å². The third kappa shape index (κ3) is 2.67. The highest BCUT2D eigenvalue weighted by atomic mass is 32.1. The first-order valence-corrected chi connectivity index (χ1v) is 5.68. The summed E-state index contributed by atoms with van der Waals surface area (Å²) in [6.07, 6.45) is 0. The topological polar surface area (TPSA) is 97.8 Å². The van der Waals surface area contributed by atoms with Crippen LogP contribution in [-0.4, -0.2) is 15.3 Å². The third-order valence-electron chi connectivity index (χ3n) is 2.05. The lowest BCUT2D eigenvalue weighted by molar-refractivity contribution is 1.16. The maximum absolute atomic E-state index is 8.52. The summed E-state index contributed by atoms with van der Waals surface area (Å²) in [4.78, 5) is 0. The van der Waals surface area contributed by atoms with Gasteiger partial charge in [0.15, 0.2) is 0 Å². The summed E-state index contributed by atoms with van der Waals surface area (Å²) in [5, 5.41) is 26.5. The van der Waals surface area contributed by atoms with Crippen molar-refractivity contribution in [2.24, 2.45) is 5.10 Å². The molecule has 0 amide bonds. The van der Waals surface area contributed by atoms with E-state index in [9.17, 15) is 0 Å². The standard InChI is InChI=1S/C11H6N6S/c12-5-10(6-13)15-14-9-3-1-8(2-4-9)11-7-18-17-16-11/h1-4,7,14H. The summed E-state index contributed by atoms with van der Waals surface area (Å²) in [6.45, 7) is 0. The summed E-state index contributed by atoms with van der Waals surface area (Å²) >= 11 is 1.29. The van der Waals surface area contributed by atoms with Crippen molar-refractivity contribution in [2.75, 3.05) is 5.43 Å². The molecule has 0 saturated carbocycles. The van der Waals surface area contributed by atoms with Crippen LogP contribution in [0.3, 0.4) is 0 Å². The molecule has 0 aliphatic carbocycles. The Balaban J connectivity index is 2.12. The first-order valence-electron chi connectivity index (χ1n) is 4.85. The molecule has 2 aromatic rings. The van der Waals surface area contributed by atoms with E-state index in [1.807, 2.05) is 17.5 Å². The second-order valence-corrected chi connectivity index (χ2v) is 3.77. The molecule has 0 aliphatic rings. The zero-order valence-corrected chi connectivity index (χ0v) is 9.85. The molecule has 0 atom stereocenters. The molecular weight excluding hydrogens is 248 g/mol. The molecule has 0 fully saturated rings. The summed E-state index contributed by atoms with van der Waals surface area (Å²) in [5.41, 5.74) is 4.85. The lowest BCUT2D eigenvalue weighted by Crippen LogP contribution is -1.96. The SMILES string of the molecule is N#CC(C#N)=NNc1ccc(-c2csnn2)cc1. The summed E-state index contributed by atoms with van der Waals surface area (Å²) in [6, 6.07) is 10.6. The molecule has 0 bridgehead atoms. The van der Waals surface area contributed by atoms with Crippen molar-refractivity contribution in [3.63, 3.8) is 0 Å². The average molecular weight is 254 g/mol. The molecule has 1 aromatic carbocycles. The fourth-order valence-electron chi connectivity index (χ4n) is 1.20. The van der Waals surface area contributed by atoms with E-state index < -0.39 is 0 Å². The summed E-state index contributed by atoms with van der Waals surface area (Å²) in [7, 11) is 0. The highest BCUT2D eigenvalue weighted by Crippen LogP contribution is 2.19. The van der Waals surface area contributed by atoms with Crippen LogP contribution in [0.15, 0.2) is 34.7 Å². The zero-order chi connectivity index (χ0) is 12.8. The Labute approximate surface area is 107 Å². The number of rotatable bonds is 3. The third-order valence-corrected chi connectivity index (χ3v) is 2.55. The predicted molar refractivity (Wildman–Crippen MR) is 67.6 cm³/mol. The van der Waals surface area contributed by atoms with Crippen molar-refractivity contribution >= 4 is 22.9 Å². The Morgan fingerprint density at radius 1 is 1.22 bits per heavy atom. The molecule has 6 nitrogen and oxygen atoms in total. The van der Waals surface area contributed by atoms with E-state index in [1.54, 1.807) is 24.3 Å². The van der Waals surface area contributed by atoms with Gasteiger partial charge in [-0.15, -0.1) is 5.10 Å². The van der Waals surface area contributed by atoms with Crippen molar-refractivity contribution in [3.05, 3.63) is 29.6 Å². The van der Waals surface area contributed by atoms with Gasteiger partial charge in [0.1, 0.15) is 17.8 Å². The maximum Gasteiger partial charge on any atom is 0.237 e. The van der Waals surface area contributed by atoms with Gasteiger partial charge in [-0.05, 0) is 23.7 Å². The van der Waals surface area contributed by atoms with E-state index in [1.165, 1.54) is 11.5 Å². The van der Waals surface area contributed by atoms with Crippen LogP contribution in [0.2, 0.25) is 0 Å². The zero-order valence-electron chi connectivity index (χ0n) is 9.03. The minimum Gasteiger partial charge on any atom is -0.277 e. The van der Waals surface area contributed by atoms with E-state index in [-0.39, 0.29) is 5.71 Å². The molecular formula is C11H6N6S. The van der Waals surface area contributed by atoms with Crippen molar-refractivity contribution in [2.45, 2.75) is 0 Å². The number of hydrazone groups is 1. The number of nitrogens with one attached hydrogen (secondary N) is 1. The van der Waals surface area contributed by atoms with Crippen LogP contribution in [0.4, 0.5) is 5.69 Å². The Bertz CT molecular complexity index is 614. The molecule has 7 heteroatoms. The Hall–Kier alpha value is -2.77. The molecule has 1 heterocycles. The van der Waals surface area contributed by atoms with Gasteiger partial charge in [0.05, 0.1) is 5.69 Å². The van der Waals surface area contributed by atoms with Crippen molar-refractivity contribution < 1.29 is 0 Å². The largest absolute Gasteiger partial charge is 0.277 e. The van der Waals surface area contributed by atoms with E-state index in [2.05, 4.69) is 20.1 Å². The molecule has 1 N–H and O–H groups in total. The van der Waals surface area contributed by atoms with Crippen LogP contribution in [0.5, 0.6) is 0 Å². The maximum atomic E-state index is 8.52. The molecule has 0 saturated heterocycles. The molecule has 0 aliphatic heterocycles. The van der Waals surface area contributed by atoms with Crippen LogP contribution in [0, 0.1) is 22.7 Å². The fourth-order valence-corrected chi connectivity index (χ4v) is 1.67. The molecule has 18 heavy (non-hydrogen) atoms. The number of nitrogens with zero attached hydrogens (tertiary/aromatic N) is 5. The van der Waals surface area contributed by atoms with Gasteiger partial charge in [0, 0.05) is 10.9 Å². The highest BCUT2D eigenvalue weighted by molar-refractivity contribution is 7.03. The Morgan fingerprint density at radius 3 is 2.50 bits per heavy atom. The molecule has 0 radical (unpaired) electrons. The van der Waals surface area contributed by atoms with Crippen molar-refractivity contribution in [1.29, 1.82) is 10.5 Å². The van der Waals surface area contributed by atoms with E-state index in [4.69, 9.17) is 10.5 Å². The van der Waals surface area contributed by atoms with Crippen LogP contribution in [0.1, 0.15) is 0 Å². The van der Waals surface area contributed by atoms with E-state index in [0.717, 1.165) is 11.3 Å². The molecule has 1 aromatic heterocycles. The van der Waals surface area contributed by atoms with E-state index >= 15 is 0 Å². The second kappa shape index (κ2) is 5.53. The quantitative estimate of drug-likeness (QED) is 0.667. The molecule has 2 rings (SSSR count). The van der Waals surface area contributed by atoms with Crippen LogP contribution in [0.25, 0.3) is 11.3 Å². The smallest absolute Gasteiger partial charge is 0.237 e. The lowest BCUT2D eigenvalue weighted by atomic mass is 10.1. The first-order chi connectivity index (χ1) is 8.83. The van der Waals surface area contributed by atoms with Crippen LogP contribution in [-0.2, 0) is 0 Å². The van der Waals surface area contributed by atoms with Gasteiger partial charge in [-0.1, -0.05) is 16.6 Å². The number of anilines is 1. The van der Waals surface area contributed by atoms with Gasteiger partial charge in [-0.3, -0.25) is 5.43 Å². The Morgan fingerprint density at radius 2 is 1.94 bits per heavy atom. The summed E-state index contributed by atoms with van der Waals surface area (Å²) in [5.74, 6) is 0. The number of nitriles is 2. The average Bonchev–Trinajstić information content (AvgIpc) is 2.94. The van der Waals surface area contributed by atoms with Crippen LogP contribution < -0.4 is 5.43 Å². The van der Waals surface area contributed by atoms with E-state index in [0.29, 0.717) is 5.69 Å². The van der Waals surface area contributed by atoms with Crippen molar-refractivity contribution in [3.8, 4) is 23.4 Å². The number of aromatic nitrogens is 2. The van der Waals surface area contributed by atoms with Gasteiger partial charge in [0.25, 0.3) is 0 Å². The minimum atomic E-state index is -0.220. The number of hydrogen-bond acceptors (Lipinski definition) is 7. The second-order valence-electron chi connectivity index (χ2n) is 3.16. The van der Waals surface area contributed by atoms with Gasteiger partial charge in [0.2, 0.25) is 5.71 Å². The predicted octanol–water partition coefficient (Wildman–Crippen LogP) is 2.02. The molecule has 0 spiro atoms. The van der Waals surface area contributed by atoms with Gasteiger partial charge >= 0.3 is 0 Å². The minimum absolute atomic E-state index is 0.220. The Kier molecular flexibility index (Phi) is 3.59. The number of hydrogen-bond donors (Lipinski definition) is 1. The lowest BCUT2D eigenvalue weighted by Gasteiger charge is -2.00.